The quantitative estimate of drug-likeness (QED) is 0.649. The van der Waals surface area contributed by atoms with Crippen LogP contribution in [0.25, 0.3) is 0 Å². The highest BCUT2D eigenvalue weighted by molar-refractivity contribution is 5.70. The van der Waals surface area contributed by atoms with Gasteiger partial charge in [0.15, 0.2) is 11.4 Å². The van der Waals surface area contributed by atoms with Crippen LogP contribution in [0.4, 0.5) is 11.4 Å². The van der Waals surface area contributed by atoms with Crippen molar-refractivity contribution in [3.63, 3.8) is 0 Å². The van der Waals surface area contributed by atoms with Gasteiger partial charge < -0.3 is 15.0 Å². The Bertz CT molecular complexity index is 717. The molecule has 1 aromatic carbocycles. The summed E-state index contributed by atoms with van der Waals surface area (Å²) in [6.45, 7) is 3.57. The van der Waals surface area contributed by atoms with Crippen LogP contribution in [0, 0.1) is 10.1 Å². The molecule has 1 aliphatic rings. The lowest BCUT2D eigenvalue weighted by Crippen LogP contribution is -2.52. The molecule has 1 unspecified atom stereocenters. The van der Waals surface area contributed by atoms with Crippen molar-refractivity contribution in [1.82, 2.24) is 9.88 Å². The summed E-state index contributed by atoms with van der Waals surface area (Å²) in [6.07, 6.45) is 1.39. The van der Waals surface area contributed by atoms with E-state index in [1.165, 1.54) is 6.07 Å². The number of nitro benzene ring substituents is 1. The summed E-state index contributed by atoms with van der Waals surface area (Å²) < 4.78 is 5.98. The zero-order chi connectivity index (χ0) is 17.1. The largest absolute Gasteiger partial charge is 0.482 e. The van der Waals surface area contributed by atoms with E-state index in [0.29, 0.717) is 11.4 Å². The van der Waals surface area contributed by atoms with Gasteiger partial charge in [0.05, 0.1) is 16.7 Å². The standard InChI is InChI=1S/C17H20N4O3/c1-12(14-6-3-4-9-18-14)24-16-8-5-7-15(21(22)23)17(16)19-13-10-20(2)11-13/h3-9,12-13,19H,10-11H2,1-2H3. The van der Waals surface area contributed by atoms with E-state index in [4.69, 9.17) is 4.74 Å². The predicted octanol–water partition coefficient (Wildman–Crippen LogP) is 2.86. The normalized spacial score (nSPS) is 16.2. The number of nitrogens with zero attached hydrogens (tertiary/aromatic N) is 3. The van der Waals surface area contributed by atoms with Gasteiger partial charge in [-0.3, -0.25) is 15.1 Å². The molecular weight excluding hydrogens is 308 g/mol. The summed E-state index contributed by atoms with van der Waals surface area (Å²) in [4.78, 5) is 17.4. The minimum Gasteiger partial charge on any atom is -0.482 e. The lowest BCUT2D eigenvalue weighted by atomic mass is 10.1. The van der Waals surface area contributed by atoms with Crippen LogP contribution in [-0.4, -0.2) is 41.0 Å². The smallest absolute Gasteiger partial charge is 0.296 e. The molecule has 0 bridgehead atoms. The summed E-state index contributed by atoms with van der Waals surface area (Å²) in [6, 6.07) is 10.7. The summed E-state index contributed by atoms with van der Waals surface area (Å²) in [5.74, 6) is 0.469. The molecule has 24 heavy (non-hydrogen) atoms. The summed E-state index contributed by atoms with van der Waals surface area (Å²) in [5.41, 5.74) is 1.23. The van der Waals surface area contributed by atoms with Gasteiger partial charge in [-0.25, -0.2) is 0 Å². The number of rotatable bonds is 6. The fraction of sp³-hybridized carbons (Fsp3) is 0.353. The van der Waals surface area contributed by atoms with Crippen LogP contribution in [0.3, 0.4) is 0 Å². The molecule has 0 spiro atoms. The third-order valence-corrected chi connectivity index (χ3v) is 4.02. The molecule has 126 valence electrons. The van der Waals surface area contributed by atoms with Gasteiger partial charge in [-0.2, -0.15) is 0 Å². The first-order valence-electron chi connectivity index (χ1n) is 7.84. The fourth-order valence-electron chi connectivity index (χ4n) is 2.78. The van der Waals surface area contributed by atoms with Crippen molar-refractivity contribution in [2.75, 3.05) is 25.5 Å². The number of likely N-dealkylation sites (N-methyl/N-ethyl adjacent to an activating group) is 1. The van der Waals surface area contributed by atoms with E-state index >= 15 is 0 Å². The molecule has 0 aliphatic carbocycles. The van der Waals surface area contributed by atoms with E-state index in [1.54, 1.807) is 18.3 Å². The number of hydrogen-bond acceptors (Lipinski definition) is 6. The monoisotopic (exact) mass is 328 g/mol. The first-order chi connectivity index (χ1) is 11.5. The molecular formula is C17H20N4O3. The predicted molar refractivity (Wildman–Crippen MR) is 91.3 cm³/mol. The molecule has 0 saturated carbocycles. The second-order valence-corrected chi connectivity index (χ2v) is 5.98. The molecule has 2 aromatic rings. The maximum atomic E-state index is 11.4. The van der Waals surface area contributed by atoms with Crippen molar-refractivity contribution in [1.29, 1.82) is 0 Å². The minimum absolute atomic E-state index is 0.0234. The van der Waals surface area contributed by atoms with E-state index in [9.17, 15) is 10.1 Å². The lowest BCUT2D eigenvalue weighted by Gasteiger charge is -2.37. The molecule has 1 saturated heterocycles. The van der Waals surface area contributed by atoms with Crippen molar-refractivity contribution in [3.05, 3.63) is 58.4 Å². The topological polar surface area (TPSA) is 80.5 Å². The van der Waals surface area contributed by atoms with E-state index in [1.807, 2.05) is 32.2 Å². The number of anilines is 1. The first kappa shape index (κ1) is 16.2. The van der Waals surface area contributed by atoms with Gasteiger partial charge in [0.1, 0.15) is 6.10 Å². The van der Waals surface area contributed by atoms with Crippen LogP contribution >= 0.6 is 0 Å². The van der Waals surface area contributed by atoms with E-state index in [-0.39, 0.29) is 22.8 Å². The van der Waals surface area contributed by atoms with E-state index in [2.05, 4.69) is 15.2 Å². The molecule has 1 aromatic heterocycles. The van der Waals surface area contributed by atoms with Crippen molar-refractivity contribution in [3.8, 4) is 5.75 Å². The highest BCUT2D eigenvalue weighted by Gasteiger charge is 2.28. The Morgan fingerprint density at radius 1 is 1.33 bits per heavy atom. The number of nitrogens with one attached hydrogen (secondary N) is 1. The molecule has 1 atom stereocenters. The number of hydrogen-bond donors (Lipinski definition) is 1. The van der Waals surface area contributed by atoms with Crippen LogP contribution in [0.2, 0.25) is 0 Å². The number of ether oxygens (including phenoxy) is 1. The van der Waals surface area contributed by atoms with Crippen molar-refractivity contribution < 1.29 is 9.66 Å². The van der Waals surface area contributed by atoms with Crippen LogP contribution in [0.15, 0.2) is 42.6 Å². The number of nitro groups is 1. The molecule has 3 rings (SSSR count). The van der Waals surface area contributed by atoms with Crippen LogP contribution in [0.1, 0.15) is 18.7 Å². The van der Waals surface area contributed by atoms with Gasteiger partial charge in [0, 0.05) is 25.4 Å². The second kappa shape index (κ2) is 6.84. The van der Waals surface area contributed by atoms with Crippen LogP contribution < -0.4 is 10.1 Å². The van der Waals surface area contributed by atoms with E-state index in [0.717, 1.165) is 18.8 Å². The SMILES string of the molecule is CC(Oc1cccc([N+](=O)[O-])c1NC1CN(C)C1)c1ccccn1. The van der Waals surface area contributed by atoms with Gasteiger partial charge in [-0.1, -0.05) is 12.1 Å². The fourth-order valence-corrected chi connectivity index (χ4v) is 2.78. The van der Waals surface area contributed by atoms with Gasteiger partial charge in [-0.15, -0.1) is 0 Å². The molecule has 7 nitrogen and oxygen atoms in total. The van der Waals surface area contributed by atoms with Gasteiger partial charge >= 0.3 is 0 Å². The van der Waals surface area contributed by atoms with Gasteiger partial charge in [0.25, 0.3) is 5.69 Å². The molecule has 1 fully saturated rings. The molecule has 0 amide bonds. The number of aromatic nitrogens is 1. The Morgan fingerprint density at radius 3 is 2.75 bits per heavy atom. The number of pyridine rings is 1. The number of likely N-dealkylation sites (tertiary alicyclic amines) is 1. The third kappa shape index (κ3) is 3.46. The Balaban J connectivity index is 1.86. The summed E-state index contributed by atoms with van der Waals surface area (Å²) in [5, 5.41) is 14.6. The van der Waals surface area contributed by atoms with Crippen molar-refractivity contribution in [2.45, 2.75) is 19.1 Å². The van der Waals surface area contributed by atoms with E-state index < -0.39 is 0 Å². The Morgan fingerprint density at radius 2 is 2.12 bits per heavy atom. The average molecular weight is 328 g/mol. The Kier molecular flexibility index (Phi) is 4.61. The van der Waals surface area contributed by atoms with Gasteiger partial charge in [0.2, 0.25) is 0 Å². The first-order valence-corrected chi connectivity index (χ1v) is 7.84. The van der Waals surface area contributed by atoms with Crippen molar-refractivity contribution in [2.24, 2.45) is 0 Å². The zero-order valence-corrected chi connectivity index (χ0v) is 13.7. The summed E-state index contributed by atoms with van der Waals surface area (Å²) >= 11 is 0. The third-order valence-electron chi connectivity index (χ3n) is 4.02. The average Bonchev–Trinajstić information content (AvgIpc) is 2.55. The molecule has 2 heterocycles. The number of para-hydroxylation sites is 1. The lowest BCUT2D eigenvalue weighted by molar-refractivity contribution is -0.384. The van der Waals surface area contributed by atoms with Crippen LogP contribution in [-0.2, 0) is 0 Å². The van der Waals surface area contributed by atoms with Gasteiger partial charge in [-0.05, 0) is 32.2 Å². The highest BCUT2D eigenvalue weighted by atomic mass is 16.6. The van der Waals surface area contributed by atoms with Crippen LogP contribution in [0.5, 0.6) is 5.75 Å². The summed E-state index contributed by atoms with van der Waals surface area (Å²) in [7, 11) is 2.01. The maximum Gasteiger partial charge on any atom is 0.296 e. The molecule has 1 N–H and O–H groups in total. The molecule has 1 aliphatic heterocycles. The highest BCUT2D eigenvalue weighted by Crippen LogP contribution is 2.37. The molecule has 0 radical (unpaired) electrons. The maximum absolute atomic E-state index is 11.4. The number of benzene rings is 1. The Hall–Kier alpha value is -2.67. The second-order valence-electron chi connectivity index (χ2n) is 5.98. The zero-order valence-electron chi connectivity index (χ0n) is 13.7. The minimum atomic E-state index is -0.386. The van der Waals surface area contributed by atoms with Crippen molar-refractivity contribution >= 4 is 11.4 Å². The Labute approximate surface area is 140 Å². The molecule has 7 heteroatoms.